The van der Waals surface area contributed by atoms with Gasteiger partial charge in [-0.3, -0.25) is 4.79 Å². The lowest BCUT2D eigenvalue weighted by molar-refractivity contribution is -0.128. The predicted molar refractivity (Wildman–Crippen MR) is 61.7 cm³/mol. The molecule has 1 rings (SSSR count). The van der Waals surface area contributed by atoms with E-state index < -0.39 is 0 Å². The van der Waals surface area contributed by atoms with E-state index in [4.69, 9.17) is 17.3 Å². The Hall–Kier alpha value is -1.13. The molecule has 0 aromatic heterocycles. The van der Waals surface area contributed by atoms with Gasteiger partial charge < -0.3 is 10.6 Å². The van der Waals surface area contributed by atoms with Crippen molar-refractivity contribution < 1.29 is 9.18 Å². The third kappa shape index (κ3) is 2.93. The zero-order valence-electron chi connectivity index (χ0n) is 9.26. The topological polar surface area (TPSA) is 46.3 Å². The van der Waals surface area contributed by atoms with Crippen LogP contribution in [0.15, 0.2) is 12.1 Å². The number of aryl methyl sites for hydroxylation is 1. The summed E-state index contributed by atoms with van der Waals surface area (Å²) in [6.45, 7) is 1.83. The van der Waals surface area contributed by atoms with Crippen molar-refractivity contribution >= 4 is 17.5 Å². The number of halogens is 2. The molecule has 0 aliphatic rings. The van der Waals surface area contributed by atoms with Crippen LogP contribution in [0.3, 0.4) is 0 Å². The predicted octanol–water partition coefficient (Wildman–Crippen LogP) is 1.70. The van der Waals surface area contributed by atoms with Crippen LogP contribution < -0.4 is 5.73 Å². The van der Waals surface area contributed by atoms with Crippen LogP contribution in [0.5, 0.6) is 0 Å². The Morgan fingerprint density at radius 3 is 2.75 bits per heavy atom. The fourth-order valence-corrected chi connectivity index (χ4v) is 1.59. The van der Waals surface area contributed by atoms with Crippen LogP contribution in [0.4, 0.5) is 4.39 Å². The molecule has 0 unspecified atom stereocenters. The van der Waals surface area contributed by atoms with E-state index in [1.807, 2.05) is 0 Å². The molecule has 5 heteroatoms. The molecule has 0 fully saturated rings. The number of likely N-dealkylation sites (N-methyl/N-ethyl adjacent to an activating group) is 1. The first-order valence-corrected chi connectivity index (χ1v) is 5.22. The largest absolute Gasteiger partial charge is 0.340 e. The van der Waals surface area contributed by atoms with Gasteiger partial charge in [-0.05, 0) is 30.2 Å². The normalized spacial score (nSPS) is 10.3. The maximum Gasteiger partial charge on any atom is 0.236 e. The SMILES string of the molecule is Cc1cc(Cl)c(CN(C)C(=O)CN)cc1F. The third-order valence-electron chi connectivity index (χ3n) is 2.34. The highest BCUT2D eigenvalue weighted by atomic mass is 35.5. The first kappa shape index (κ1) is 12.9. The summed E-state index contributed by atoms with van der Waals surface area (Å²) in [6.07, 6.45) is 0. The molecule has 0 spiro atoms. The molecule has 0 aliphatic heterocycles. The maximum absolute atomic E-state index is 13.3. The molecule has 16 heavy (non-hydrogen) atoms. The number of hydrogen-bond donors (Lipinski definition) is 1. The summed E-state index contributed by atoms with van der Waals surface area (Å²) in [4.78, 5) is 12.7. The van der Waals surface area contributed by atoms with Crippen molar-refractivity contribution in [2.45, 2.75) is 13.5 Å². The second-order valence-electron chi connectivity index (χ2n) is 3.65. The van der Waals surface area contributed by atoms with Crippen LogP contribution in [0, 0.1) is 12.7 Å². The van der Waals surface area contributed by atoms with E-state index in [9.17, 15) is 9.18 Å². The first-order chi connectivity index (χ1) is 7.45. The van der Waals surface area contributed by atoms with Crippen LogP contribution >= 0.6 is 11.6 Å². The summed E-state index contributed by atoms with van der Waals surface area (Å²) in [7, 11) is 1.60. The molecule has 0 saturated carbocycles. The van der Waals surface area contributed by atoms with Gasteiger partial charge in [-0.2, -0.15) is 0 Å². The molecule has 0 heterocycles. The minimum atomic E-state index is -0.326. The number of carbonyl (C=O) groups excluding carboxylic acids is 1. The average molecular weight is 245 g/mol. The van der Waals surface area contributed by atoms with Crippen molar-refractivity contribution in [2.24, 2.45) is 5.73 Å². The molecule has 3 nitrogen and oxygen atoms in total. The molecule has 0 saturated heterocycles. The smallest absolute Gasteiger partial charge is 0.236 e. The fraction of sp³-hybridized carbons (Fsp3) is 0.364. The van der Waals surface area contributed by atoms with Gasteiger partial charge in [0.25, 0.3) is 0 Å². The lowest BCUT2D eigenvalue weighted by atomic mass is 10.1. The summed E-state index contributed by atoms with van der Waals surface area (Å²) in [5.41, 5.74) is 6.29. The number of benzene rings is 1. The Morgan fingerprint density at radius 2 is 2.19 bits per heavy atom. The number of amides is 1. The Bertz CT molecular complexity index is 409. The van der Waals surface area contributed by atoms with Gasteiger partial charge >= 0.3 is 0 Å². The number of hydrogen-bond acceptors (Lipinski definition) is 2. The van der Waals surface area contributed by atoms with Gasteiger partial charge in [0.1, 0.15) is 5.82 Å². The van der Waals surface area contributed by atoms with E-state index in [-0.39, 0.29) is 24.8 Å². The molecule has 1 aromatic rings. The highest BCUT2D eigenvalue weighted by molar-refractivity contribution is 6.31. The monoisotopic (exact) mass is 244 g/mol. The van der Waals surface area contributed by atoms with Gasteiger partial charge in [0.15, 0.2) is 0 Å². The Kier molecular flexibility index (Phi) is 4.26. The summed E-state index contributed by atoms with van der Waals surface area (Å²) in [5.74, 6) is -0.537. The zero-order valence-corrected chi connectivity index (χ0v) is 10.0. The van der Waals surface area contributed by atoms with E-state index >= 15 is 0 Å². The van der Waals surface area contributed by atoms with Gasteiger partial charge in [-0.25, -0.2) is 4.39 Å². The molecule has 0 atom stereocenters. The molecule has 88 valence electrons. The van der Waals surface area contributed by atoms with E-state index in [0.717, 1.165) is 0 Å². The van der Waals surface area contributed by atoms with Crippen LogP contribution in [-0.2, 0) is 11.3 Å². The lowest BCUT2D eigenvalue weighted by Gasteiger charge is -2.17. The Labute approximate surface area is 99.0 Å². The first-order valence-electron chi connectivity index (χ1n) is 4.84. The standard InChI is InChI=1S/C11H14ClFN2O/c1-7-3-9(12)8(4-10(7)13)6-15(2)11(16)5-14/h3-4H,5-6,14H2,1-2H3. The molecule has 0 bridgehead atoms. The second kappa shape index (κ2) is 5.27. The van der Waals surface area contributed by atoms with Crippen LogP contribution in [0.1, 0.15) is 11.1 Å². The molecular weight excluding hydrogens is 231 g/mol. The van der Waals surface area contributed by atoms with Gasteiger partial charge in [0.05, 0.1) is 6.54 Å². The van der Waals surface area contributed by atoms with Crippen molar-refractivity contribution in [1.82, 2.24) is 4.90 Å². The van der Waals surface area contributed by atoms with Crippen molar-refractivity contribution in [3.05, 3.63) is 34.1 Å². The zero-order chi connectivity index (χ0) is 12.3. The minimum absolute atomic E-state index is 0.0670. The highest BCUT2D eigenvalue weighted by Crippen LogP contribution is 2.21. The number of rotatable bonds is 3. The van der Waals surface area contributed by atoms with Gasteiger partial charge in [0.2, 0.25) is 5.91 Å². The van der Waals surface area contributed by atoms with Crippen molar-refractivity contribution in [2.75, 3.05) is 13.6 Å². The fourth-order valence-electron chi connectivity index (χ4n) is 1.31. The van der Waals surface area contributed by atoms with Crippen LogP contribution in [-0.4, -0.2) is 24.4 Å². The molecule has 0 radical (unpaired) electrons. The second-order valence-corrected chi connectivity index (χ2v) is 4.05. The maximum atomic E-state index is 13.3. The minimum Gasteiger partial charge on any atom is -0.340 e. The van der Waals surface area contributed by atoms with E-state index in [2.05, 4.69) is 0 Å². The number of carbonyl (C=O) groups is 1. The molecule has 0 aliphatic carbocycles. The summed E-state index contributed by atoms with van der Waals surface area (Å²) < 4.78 is 13.3. The molecular formula is C11H14ClFN2O. The van der Waals surface area contributed by atoms with Gasteiger partial charge in [-0.1, -0.05) is 11.6 Å². The van der Waals surface area contributed by atoms with Crippen molar-refractivity contribution in [3.8, 4) is 0 Å². The number of nitrogens with zero attached hydrogens (tertiary/aromatic N) is 1. The molecule has 1 aromatic carbocycles. The highest BCUT2D eigenvalue weighted by Gasteiger charge is 2.11. The summed E-state index contributed by atoms with van der Waals surface area (Å²) in [5, 5.41) is 0.454. The van der Waals surface area contributed by atoms with E-state index in [0.29, 0.717) is 16.1 Å². The van der Waals surface area contributed by atoms with Crippen LogP contribution in [0.2, 0.25) is 5.02 Å². The average Bonchev–Trinajstić information content (AvgIpc) is 2.24. The Balaban J connectivity index is 2.89. The number of nitrogens with two attached hydrogens (primary N) is 1. The lowest BCUT2D eigenvalue weighted by Crippen LogP contribution is -2.32. The molecule has 1 amide bonds. The summed E-state index contributed by atoms with van der Waals surface area (Å²) in [6, 6.07) is 2.89. The van der Waals surface area contributed by atoms with Crippen molar-refractivity contribution in [1.29, 1.82) is 0 Å². The quantitative estimate of drug-likeness (QED) is 0.880. The Morgan fingerprint density at radius 1 is 1.56 bits per heavy atom. The van der Waals surface area contributed by atoms with Crippen LogP contribution in [0.25, 0.3) is 0 Å². The van der Waals surface area contributed by atoms with Gasteiger partial charge in [-0.15, -0.1) is 0 Å². The third-order valence-corrected chi connectivity index (χ3v) is 2.69. The summed E-state index contributed by atoms with van der Waals surface area (Å²) >= 11 is 5.96. The van der Waals surface area contributed by atoms with Crippen molar-refractivity contribution in [3.63, 3.8) is 0 Å². The van der Waals surface area contributed by atoms with E-state index in [1.165, 1.54) is 11.0 Å². The molecule has 2 N–H and O–H groups in total. The van der Waals surface area contributed by atoms with E-state index in [1.54, 1.807) is 20.0 Å². The van der Waals surface area contributed by atoms with Gasteiger partial charge in [0, 0.05) is 18.6 Å².